The van der Waals surface area contributed by atoms with Crippen LogP contribution in [0.1, 0.15) is 30.6 Å². The molecule has 2 aromatic rings. The summed E-state index contributed by atoms with van der Waals surface area (Å²) in [5, 5.41) is 13.8. The van der Waals surface area contributed by atoms with Crippen molar-refractivity contribution in [3.05, 3.63) is 58.1 Å². The number of para-hydroxylation sites is 1. The number of hydrogen-bond acceptors (Lipinski definition) is 6. The SMILES string of the molecule is CC[C@@H](C)NC(=O)c1ccccc1NS(=O)(=O)c1cc([N+](=O)[O-])ccc1OC. The van der Waals surface area contributed by atoms with Crippen LogP contribution in [0.5, 0.6) is 5.75 Å². The molecule has 0 unspecified atom stereocenters. The van der Waals surface area contributed by atoms with Crippen LogP contribution in [0.3, 0.4) is 0 Å². The van der Waals surface area contributed by atoms with Crippen LogP contribution in [-0.2, 0) is 10.0 Å². The van der Waals surface area contributed by atoms with Crippen LogP contribution in [0.2, 0.25) is 0 Å². The highest BCUT2D eigenvalue weighted by Crippen LogP contribution is 2.30. The number of anilines is 1. The summed E-state index contributed by atoms with van der Waals surface area (Å²) in [7, 11) is -3.00. The normalized spacial score (nSPS) is 12.1. The van der Waals surface area contributed by atoms with E-state index in [2.05, 4.69) is 10.0 Å². The van der Waals surface area contributed by atoms with Gasteiger partial charge in [-0.25, -0.2) is 8.42 Å². The second-order valence-corrected chi connectivity index (χ2v) is 7.68. The third kappa shape index (κ3) is 4.77. The minimum atomic E-state index is -4.26. The highest BCUT2D eigenvalue weighted by atomic mass is 32.2. The second kappa shape index (κ2) is 8.70. The van der Waals surface area contributed by atoms with Gasteiger partial charge in [0.05, 0.1) is 23.3 Å². The molecule has 0 saturated carbocycles. The molecule has 0 heterocycles. The van der Waals surface area contributed by atoms with Gasteiger partial charge in [0.2, 0.25) is 0 Å². The molecule has 0 aromatic heterocycles. The molecule has 0 aliphatic heterocycles. The number of methoxy groups -OCH3 is 1. The van der Waals surface area contributed by atoms with Gasteiger partial charge in [0, 0.05) is 18.2 Å². The number of carbonyl (C=O) groups is 1. The van der Waals surface area contributed by atoms with Crippen molar-refractivity contribution in [1.82, 2.24) is 5.32 Å². The first kappa shape index (κ1) is 21.2. The molecule has 0 fully saturated rings. The van der Waals surface area contributed by atoms with E-state index in [-0.39, 0.29) is 23.0 Å². The first-order valence-corrected chi connectivity index (χ1v) is 9.93. The number of nitrogens with zero attached hydrogens (tertiary/aromatic N) is 1. The lowest BCUT2D eigenvalue weighted by molar-refractivity contribution is -0.385. The predicted molar refractivity (Wildman–Crippen MR) is 104 cm³/mol. The second-order valence-electron chi connectivity index (χ2n) is 6.03. The lowest BCUT2D eigenvalue weighted by atomic mass is 10.1. The van der Waals surface area contributed by atoms with E-state index in [0.29, 0.717) is 6.42 Å². The standard InChI is InChI=1S/C18H21N3O6S/c1-4-12(2)19-18(22)14-7-5-6-8-15(14)20-28(25,26)17-11-13(21(23)24)9-10-16(17)27-3/h5-12,20H,4H2,1-3H3,(H,19,22)/t12-/m1/s1. The van der Waals surface area contributed by atoms with Crippen molar-refractivity contribution in [3.8, 4) is 5.75 Å². The van der Waals surface area contributed by atoms with Gasteiger partial charge in [0.15, 0.2) is 0 Å². The molecule has 0 saturated heterocycles. The summed E-state index contributed by atoms with van der Waals surface area (Å²) in [5.41, 5.74) is -0.211. The molecule has 0 spiro atoms. The molecular weight excluding hydrogens is 386 g/mol. The fourth-order valence-corrected chi connectivity index (χ4v) is 3.63. The third-order valence-corrected chi connectivity index (χ3v) is 5.44. The molecule has 1 atom stereocenters. The smallest absolute Gasteiger partial charge is 0.271 e. The van der Waals surface area contributed by atoms with Crippen molar-refractivity contribution in [1.29, 1.82) is 0 Å². The minimum Gasteiger partial charge on any atom is -0.495 e. The van der Waals surface area contributed by atoms with Gasteiger partial charge in [0.1, 0.15) is 10.6 Å². The fourth-order valence-electron chi connectivity index (χ4n) is 2.36. The van der Waals surface area contributed by atoms with Crippen LogP contribution in [-0.4, -0.2) is 32.4 Å². The van der Waals surface area contributed by atoms with Gasteiger partial charge < -0.3 is 10.1 Å². The molecule has 2 N–H and O–H groups in total. The molecule has 10 heteroatoms. The zero-order chi connectivity index (χ0) is 20.9. The van der Waals surface area contributed by atoms with Gasteiger partial charge in [-0.2, -0.15) is 0 Å². The molecule has 150 valence electrons. The van der Waals surface area contributed by atoms with Crippen LogP contribution in [0.4, 0.5) is 11.4 Å². The number of ether oxygens (including phenoxy) is 1. The van der Waals surface area contributed by atoms with Gasteiger partial charge >= 0.3 is 0 Å². The van der Waals surface area contributed by atoms with Gasteiger partial charge in [-0.1, -0.05) is 19.1 Å². The van der Waals surface area contributed by atoms with Gasteiger partial charge in [-0.05, 0) is 31.5 Å². The molecule has 1 amide bonds. The Balaban J connectivity index is 2.45. The van der Waals surface area contributed by atoms with Crippen molar-refractivity contribution >= 4 is 27.3 Å². The van der Waals surface area contributed by atoms with Crippen LogP contribution in [0, 0.1) is 10.1 Å². The zero-order valence-corrected chi connectivity index (χ0v) is 16.4. The van der Waals surface area contributed by atoms with Crippen LogP contribution >= 0.6 is 0 Å². The quantitative estimate of drug-likeness (QED) is 0.511. The Morgan fingerprint density at radius 1 is 1.25 bits per heavy atom. The third-order valence-electron chi connectivity index (χ3n) is 4.05. The van der Waals surface area contributed by atoms with Crippen molar-refractivity contribution in [2.45, 2.75) is 31.2 Å². The Kier molecular flexibility index (Phi) is 6.57. The lowest BCUT2D eigenvalue weighted by Gasteiger charge is -2.16. The molecule has 0 bridgehead atoms. The maximum absolute atomic E-state index is 12.9. The molecule has 2 aromatic carbocycles. The van der Waals surface area contributed by atoms with Crippen LogP contribution < -0.4 is 14.8 Å². The summed E-state index contributed by atoms with van der Waals surface area (Å²) in [6, 6.07) is 9.27. The van der Waals surface area contributed by atoms with E-state index in [1.165, 1.54) is 25.3 Å². The van der Waals surface area contributed by atoms with Crippen molar-refractivity contribution in [2.75, 3.05) is 11.8 Å². The number of non-ortho nitro benzene ring substituents is 1. The largest absolute Gasteiger partial charge is 0.495 e. The van der Waals surface area contributed by atoms with Crippen molar-refractivity contribution in [2.24, 2.45) is 0 Å². The number of hydrogen-bond donors (Lipinski definition) is 2. The number of sulfonamides is 1. The molecule has 0 aliphatic carbocycles. The number of rotatable bonds is 8. The summed E-state index contributed by atoms with van der Waals surface area (Å²) < 4.78 is 33.1. The summed E-state index contributed by atoms with van der Waals surface area (Å²) in [4.78, 5) is 22.4. The topological polar surface area (TPSA) is 128 Å². The number of nitrogens with one attached hydrogen (secondary N) is 2. The monoisotopic (exact) mass is 407 g/mol. The first-order chi connectivity index (χ1) is 13.2. The summed E-state index contributed by atoms with van der Waals surface area (Å²) in [6.45, 7) is 3.74. The highest BCUT2D eigenvalue weighted by Gasteiger charge is 2.25. The average Bonchev–Trinajstić information content (AvgIpc) is 2.67. The highest BCUT2D eigenvalue weighted by molar-refractivity contribution is 7.92. The Labute approximate surface area is 162 Å². The van der Waals surface area contributed by atoms with E-state index in [1.807, 2.05) is 13.8 Å². The first-order valence-electron chi connectivity index (χ1n) is 8.44. The zero-order valence-electron chi connectivity index (χ0n) is 15.6. The van der Waals surface area contributed by atoms with E-state index >= 15 is 0 Å². The number of benzene rings is 2. The Bertz CT molecular complexity index is 991. The van der Waals surface area contributed by atoms with E-state index in [0.717, 1.165) is 12.1 Å². The predicted octanol–water partition coefficient (Wildman–Crippen LogP) is 2.93. The number of nitro groups is 1. The molecular formula is C18H21N3O6S. The average molecular weight is 407 g/mol. The van der Waals surface area contributed by atoms with Crippen LogP contribution in [0.15, 0.2) is 47.4 Å². The number of carbonyl (C=O) groups excluding carboxylic acids is 1. The minimum absolute atomic E-state index is 0.0527. The lowest BCUT2D eigenvalue weighted by Crippen LogP contribution is -2.32. The van der Waals surface area contributed by atoms with Gasteiger partial charge in [0.25, 0.3) is 21.6 Å². The summed E-state index contributed by atoms with van der Waals surface area (Å²) in [6.07, 6.45) is 0.713. The molecule has 9 nitrogen and oxygen atoms in total. The molecule has 2 rings (SSSR count). The summed E-state index contributed by atoms with van der Waals surface area (Å²) in [5.74, 6) is -0.488. The maximum atomic E-state index is 12.9. The maximum Gasteiger partial charge on any atom is 0.271 e. The van der Waals surface area contributed by atoms with Gasteiger partial charge in [-0.15, -0.1) is 0 Å². The van der Waals surface area contributed by atoms with E-state index in [9.17, 15) is 23.3 Å². The van der Waals surface area contributed by atoms with Crippen molar-refractivity contribution in [3.63, 3.8) is 0 Å². The van der Waals surface area contributed by atoms with E-state index < -0.39 is 31.4 Å². The fraction of sp³-hybridized carbons (Fsp3) is 0.278. The van der Waals surface area contributed by atoms with Crippen LogP contribution in [0.25, 0.3) is 0 Å². The number of nitro benzene ring substituents is 1. The van der Waals surface area contributed by atoms with Gasteiger partial charge in [-0.3, -0.25) is 19.6 Å². The Hall–Kier alpha value is -3.14. The van der Waals surface area contributed by atoms with E-state index in [1.54, 1.807) is 12.1 Å². The Morgan fingerprint density at radius 3 is 2.54 bits per heavy atom. The summed E-state index contributed by atoms with van der Waals surface area (Å²) >= 11 is 0. The molecule has 28 heavy (non-hydrogen) atoms. The van der Waals surface area contributed by atoms with E-state index in [4.69, 9.17) is 4.74 Å². The number of amides is 1. The molecule has 0 aliphatic rings. The molecule has 0 radical (unpaired) electrons. The van der Waals surface area contributed by atoms with Crippen molar-refractivity contribution < 1.29 is 22.9 Å². The Morgan fingerprint density at radius 2 is 1.93 bits per heavy atom.